The van der Waals surface area contributed by atoms with E-state index < -0.39 is 29.8 Å². The third-order valence-corrected chi connectivity index (χ3v) is 1.32. The van der Waals surface area contributed by atoms with Crippen LogP contribution >= 0.6 is 0 Å². The Morgan fingerprint density at radius 1 is 0.652 bits per heavy atom. The Balaban J connectivity index is -0.000000262. The molecule has 0 atom stereocenters. The van der Waals surface area contributed by atoms with Crippen LogP contribution in [-0.2, 0) is 28.8 Å². The number of ketones is 1. The lowest BCUT2D eigenvalue weighted by atomic mass is 10.3. The molecule has 23 heavy (non-hydrogen) atoms. The molecule has 0 aromatic heterocycles. The molecule has 0 aromatic carbocycles. The lowest BCUT2D eigenvalue weighted by Crippen LogP contribution is -2.00. The normalized spacial score (nSPS) is 8.74. The maximum absolute atomic E-state index is 9.87. The fourth-order valence-corrected chi connectivity index (χ4v) is 0.569. The smallest absolute Gasteiger partial charge is 0.328 e. The van der Waals surface area contributed by atoms with Crippen LogP contribution in [0.15, 0.2) is 12.2 Å². The lowest BCUT2D eigenvalue weighted by Gasteiger charge is -1.85. The number of carboxylic acids is 5. The zero-order chi connectivity index (χ0) is 19.0. The van der Waals surface area contributed by atoms with Gasteiger partial charge in [-0.25, -0.2) is 9.59 Å². The average Bonchev–Trinajstić information content (AvgIpc) is 2.33. The number of rotatable bonds is 7. The highest BCUT2D eigenvalue weighted by atomic mass is 16.4. The lowest BCUT2D eigenvalue weighted by molar-refractivity contribution is -0.143. The van der Waals surface area contributed by atoms with Crippen molar-refractivity contribution in [1.29, 1.82) is 0 Å². The minimum Gasteiger partial charge on any atom is -0.481 e. The van der Waals surface area contributed by atoms with Gasteiger partial charge in [-0.2, -0.15) is 0 Å². The van der Waals surface area contributed by atoms with Gasteiger partial charge in [0, 0.05) is 12.2 Å². The Kier molecular flexibility index (Phi) is 16.3. The molecule has 0 bridgehead atoms. The number of carboxylic acid groups (broad SMARTS) is 5. The van der Waals surface area contributed by atoms with Crippen molar-refractivity contribution in [3.05, 3.63) is 12.2 Å². The molecule has 11 nitrogen and oxygen atoms in total. The number of Topliss-reactive ketones (excluding diaryl/α,β-unsaturated/α-hetero) is 1. The van der Waals surface area contributed by atoms with Gasteiger partial charge < -0.3 is 25.5 Å². The molecular formula is C12H16O11. The van der Waals surface area contributed by atoms with Gasteiger partial charge >= 0.3 is 29.8 Å². The number of carbonyl (C=O) groups is 6. The van der Waals surface area contributed by atoms with Crippen molar-refractivity contribution in [3.8, 4) is 0 Å². The van der Waals surface area contributed by atoms with Crippen LogP contribution in [0, 0.1) is 0 Å². The Morgan fingerprint density at radius 2 is 0.957 bits per heavy atom. The van der Waals surface area contributed by atoms with Crippen molar-refractivity contribution in [3.63, 3.8) is 0 Å². The highest BCUT2D eigenvalue weighted by molar-refractivity contribution is 5.93. The summed E-state index contributed by atoms with van der Waals surface area (Å²) in [6.07, 6.45) is 0.162. The summed E-state index contributed by atoms with van der Waals surface area (Å²) in [5.74, 6) is -6.04. The molecule has 0 aliphatic heterocycles. The molecule has 0 saturated carbocycles. The first-order valence-electron chi connectivity index (χ1n) is 5.67. The Bertz CT molecular complexity index is 433. The van der Waals surface area contributed by atoms with Gasteiger partial charge in [-0.1, -0.05) is 0 Å². The van der Waals surface area contributed by atoms with E-state index in [1.807, 2.05) is 0 Å². The standard InChI is InChI=1S/C4H6O4.C4H4O4.C4H6O3/c2*5-3(6)1-2-4(7)8;1-3(5)2-4(6)7/h1-2H2,(H,5,6)(H,7,8);1-2H,(H,5,6)(H,7,8);2H2,1H3,(H,6,7). The second-order valence-electron chi connectivity index (χ2n) is 3.57. The van der Waals surface area contributed by atoms with Crippen LogP contribution in [-0.4, -0.2) is 61.2 Å². The zero-order valence-corrected chi connectivity index (χ0v) is 12.0. The molecule has 0 aromatic rings. The van der Waals surface area contributed by atoms with E-state index in [-0.39, 0.29) is 25.0 Å². The van der Waals surface area contributed by atoms with Crippen molar-refractivity contribution in [2.45, 2.75) is 26.2 Å². The second kappa shape index (κ2) is 15.2. The molecule has 0 radical (unpaired) electrons. The maximum Gasteiger partial charge on any atom is 0.328 e. The van der Waals surface area contributed by atoms with Gasteiger partial charge in [0.2, 0.25) is 0 Å². The Labute approximate surface area is 129 Å². The van der Waals surface area contributed by atoms with E-state index in [9.17, 15) is 28.8 Å². The van der Waals surface area contributed by atoms with Crippen LogP contribution in [0.4, 0.5) is 0 Å². The van der Waals surface area contributed by atoms with Gasteiger partial charge in [-0.05, 0) is 6.92 Å². The van der Waals surface area contributed by atoms with Crippen LogP contribution < -0.4 is 0 Å². The summed E-state index contributed by atoms with van der Waals surface area (Å²) in [4.78, 5) is 57.9. The highest BCUT2D eigenvalue weighted by Gasteiger charge is 2.00. The van der Waals surface area contributed by atoms with Gasteiger partial charge in [0.25, 0.3) is 0 Å². The minimum atomic E-state index is -1.26. The third-order valence-electron chi connectivity index (χ3n) is 1.32. The number of carbonyl (C=O) groups excluding carboxylic acids is 1. The summed E-state index contributed by atoms with van der Waals surface area (Å²) < 4.78 is 0. The van der Waals surface area contributed by atoms with Gasteiger partial charge in [0.1, 0.15) is 12.2 Å². The first kappa shape index (κ1) is 24.8. The van der Waals surface area contributed by atoms with E-state index in [0.717, 1.165) is 0 Å². The molecule has 0 rings (SSSR count). The SMILES string of the molecule is CC(=O)CC(=O)O.O=C(O)C=CC(=O)O.O=C(O)CCC(=O)O. The molecule has 0 spiro atoms. The molecule has 0 unspecified atom stereocenters. The van der Waals surface area contributed by atoms with Gasteiger partial charge in [0.05, 0.1) is 12.8 Å². The predicted molar refractivity (Wildman–Crippen MR) is 71.9 cm³/mol. The maximum atomic E-state index is 9.87. The monoisotopic (exact) mass is 336 g/mol. The van der Waals surface area contributed by atoms with E-state index in [4.69, 9.17) is 25.5 Å². The topological polar surface area (TPSA) is 204 Å². The quantitative estimate of drug-likeness (QED) is 0.301. The molecule has 0 fully saturated rings. The molecular weight excluding hydrogens is 320 g/mol. The first-order valence-corrected chi connectivity index (χ1v) is 5.67. The van der Waals surface area contributed by atoms with Crippen LogP contribution in [0.25, 0.3) is 0 Å². The van der Waals surface area contributed by atoms with Crippen molar-refractivity contribution >= 4 is 35.6 Å². The Morgan fingerprint density at radius 3 is 1.04 bits per heavy atom. The molecule has 0 aliphatic carbocycles. The van der Waals surface area contributed by atoms with E-state index >= 15 is 0 Å². The van der Waals surface area contributed by atoms with Crippen LogP contribution in [0.2, 0.25) is 0 Å². The molecule has 0 aliphatic rings. The van der Waals surface area contributed by atoms with Gasteiger partial charge in [-0.15, -0.1) is 0 Å². The van der Waals surface area contributed by atoms with Crippen molar-refractivity contribution in [2.24, 2.45) is 0 Å². The number of hydrogen-bond donors (Lipinski definition) is 5. The summed E-state index contributed by atoms with van der Waals surface area (Å²) >= 11 is 0. The van der Waals surface area contributed by atoms with Crippen LogP contribution in [0.1, 0.15) is 26.2 Å². The summed E-state index contributed by atoms with van der Waals surface area (Å²) in [6, 6.07) is 0. The molecule has 0 amide bonds. The van der Waals surface area contributed by atoms with Crippen molar-refractivity contribution < 1.29 is 54.3 Å². The average molecular weight is 336 g/mol. The minimum absolute atomic E-state index is 0.296. The first-order chi connectivity index (χ1) is 10.4. The van der Waals surface area contributed by atoms with Crippen molar-refractivity contribution in [1.82, 2.24) is 0 Å². The molecule has 130 valence electrons. The predicted octanol–water partition coefficient (Wildman–Crippen LogP) is -0.302. The fraction of sp³-hybridized carbons (Fsp3) is 0.333. The third kappa shape index (κ3) is 45.5. The summed E-state index contributed by atoms with van der Waals surface area (Å²) in [5, 5.41) is 39.3. The highest BCUT2D eigenvalue weighted by Crippen LogP contribution is 1.86. The molecule has 11 heteroatoms. The van der Waals surface area contributed by atoms with Gasteiger partial charge in [0.15, 0.2) is 0 Å². The summed E-state index contributed by atoms with van der Waals surface area (Å²) in [7, 11) is 0. The largest absolute Gasteiger partial charge is 0.481 e. The van der Waals surface area contributed by atoms with Crippen LogP contribution in [0.3, 0.4) is 0 Å². The molecule has 0 saturated heterocycles. The zero-order valence-electron chi connectivity index (χ0n) is 12.0. The number of aliphatic carboxylic acids is 5. The van der Waals surface area contributed by atoms with E-state index in [1.165, 1.54) is 6.92 Å². The summed E-state index contributed by atoms with van der Waals surface area (Å²) in [6.45, 7) is 1.24. The van der Waals surface area contributed by atoms with Gasteiger partial charge in [-0.3, -0.25) is 19.2 Å². The molecule has 0 heterocycles. The summed E-state index contributed by atoms with van der Waals surface area (Å²) in [5.41, 5.74) is 0. The second-order valence-corrected chi connectivity index (χ2v) is 3.57. The Hall–Kier alpha value is -3.24. The van der Waals surface area contributed by atoms with Crippen LogP contribution in [0.5, 0.6) is 0 Å². The fourth-order valence-electron chi connectivity index (χ4n) is 0.569. The number of hydrogen-bond acceptors (Lipinski definition) is 6. The van der Waals surface area contributed by atoms with E-state index in [2.05, 4.69) is 0 Å². The van der Waals surface area contributed by atoms with E-state index in [1.54, 1.807) is 0 Å². The van der Waals surface area contributed by atoms with E-state index in [0.29, 0.717) is 12.2 Å². The molecule has 5 N–H and O–H groups in total. The van der Waals surface area contributed by atoms with Crippen molar-refractivity contribution in [2.75, 3.05) is 0 Å².